The highest BCUT2D eigenvalue weighted by Gasteiger charge is 2.31. The van der Waals surface area contributed by atoms with E-state index in [0.29, 0.717) is 33.0 Å². The second-order valence-electron chi connectivity index (χ2n) is 9.51. The maximum atomic E-state index is 13.1. The van der Waals surface area contributed by atoms with Crippen LogP contribution < -0.4 is 4.90 Å². The molecule has 1 N–H and O–H groups in total. The van der Waals surface area contributed by atoms with E-state index in [1.54, 1.807) is 23.1 Å². The number of hydrogen-bond donors (Lipinski definition) is 1. The van der Waals surface area contributed by atoms with Gasteiger partial charge in [0.05, 0.1) is 33.1 Å². The van der Waals surface area contributed by atoms with Gasteiger partial charge in [0, 0.05) is 31.9 Å². The van der Waals surface area contributed by atoms with Gasteiger partial charge in [-0.3, -0.25) is 4.79 Å². The molecule has 1 fully saturated rings. The van der Waals surface area contributed by atoms with Gasteiger partial charge in [-0.1, -0.05) is 29.3 Å². The van der Waals surface area contributed by atoms with Gasteiger partial charge in [-0.15, -0.1) is 0 Å². The first-order chi connectivity index (χ1) is 16.0. The van der Waals surface area contributed by atoms with Crippen molar-refractivity contribution in [1.29, 1.82) is 0 Å². The molecule has 0 radical (unpaired) electrons. The van der Waals surface area contributed by atoms with Crippen molar-refractivity contribution in [3.63, 3.8) is 0 Å². The number of Topliss-reactive ketones (excluding diaryl/α,β-unsaturated/α-hetero) is 1. The van der Waals surface area contributed by atoms with Gasteiger partial charge < -0.3 is 10.0 Å². The molecule has 4 heterocycles. The van der Waals surface area contributed by atoms with Crippen molar-refractivity contribution in [2.24, 2.45) is 5.92 Å². The summed E-state index contributed by atoms with van der Waals surface area (Å²) in [6, 6.07) is 3.62. The van der Waals surface area contributed by atoms with Crippen LogP contribution >= 0.6 is 23.2 Å². The monoisotopic (exact) mass is 501 g/mol. The molecule has 180 valence electrons. The average Bonchev–Trinajstić information content (AvgIpc) is 3.14. The topological polar surface area (TPSA) is 84.1 Å². The summed E-state index contributed by atoms with van der Waals surface area (Å²) in [5, 5.41) is 15.4. The van der Waals surface area contributed by atoms with Crippen LogP contribution in [0.2, 0.25) is 10.0 Å². The Bertz CT molecular complexity index is 1210. The van der Waals surface area contributed by atoms with Crippen molar-refractivity contribution in [2.45, 2.75) is 52.6 Å². The Morgan fingerprint density at radius 1 is 1.09 bits per heavy atom. The first-order valence-corrected chi connectivity index (χ1v) is 12.1. The van der Waals surface area contributed by atoms with Crippen LogP contribution in [0.25, 0.3) is 5.82 Å². The van der Waals surface area contributed by atoms with Crippen LogP contribution in [0.4, 0.5) is 5.82 Å². The molecule has 34 heavy (non-hydrogen) atoms. The predicted octanol–water partition coefficient (Wildman–Crippen LogP) is 5.00. The molecule has 1 aliphatic heterocycles. The smallest absolute Gasteiger partial charge is 0.172 e. The SMILES string of the molecule is Cc1cc(CC(=O)c2cnn(-c3ncc(Cl)cc3Cl)c2C)cnc1N1CCC(C(C)(C)O)CC1. The van der Waals surface area contributed by atoms with Gasteiger partial charge >= 0.3 is 0 Å². The number of halogens is 2. The molecule has 1 aliphatic rings. The summed E-state index contributed by atoms with van der Waals surface area (Å²) in [5.74, 6) is 1.62. The lowest BCUT2D eigenvalue weighted by Crippen LogP contribution is -2.42. The summed E-state index contributed by atoms with van der Waals surface area (Å²) in [6.45, 7) is 9.33. The third-order valence-electron chi connectivity index (χ3n) is 6.56. The molecule has 0 amide bonds. The molecule has 0 spiro atoms. The second-order valence-corrected chi connectivity index (χ2v) is 10.4. The van der Waals surface area contributed by atoms with E-state index >= 15 is 0 Å². The lowest BCUT2D eigenvalue weighted by atomic mass is 9.83. The minimum Gasteiger partial charge on any atom is -0.390 e. The van der Waals surface area contributed by atoms with E-state index in [2.05, 4.69) is 20.0 Å². The lowest BCUT2D eigenvalue weighted by molar-refractivity contribution is 0.00645. The van der Waals surface area contributed by atoms with E-state index in [1.165, 1.54) is 6.20 Å². The van der Waals surface area contributed by atoms with E-state index in [4.69, 9.17) is 23.2 Å². The van der Waals surface area contributed by atoms with Crippen molar-refractivity contribution < 1.29 is 9.90 Å². The Morgan fingerprint density at radius 3 is 2.38 bits per heavy atom. The van der Waals surface area contributed by atoms with Gasteiger partial charge in [-0.2, -0.15) is 5.10 Å². The van der Waals surface area contributed by atoms with Crippen LogP contribution in [-0.2, 0) is 6.42 Å². The standard InChI is InChI=1S/C25H29Cl2N5O2/c1-15-9-17(12-28-23(15)31-7-5-18(6-8-31)25(3,4)34)10-22(33)20-14-30-32(16(20)2)24-21(27)11-19(26)13-29-24/h9,11-14,18,34H,5-8,10H2,1-4H3. The number of aliphatic hydroxyl groups is 1. The van der Waals surface area contributed by atoms with Gasteiger partial charge in [0.25, 0.3) is 0 Å². The van der Waals surface area contributed by atoms with E-state index < -0.39 is 5.60 Å². The molecule has 0 atom stereocenters. The van der Waals surface area contributed by atoms with Gasteiger partial charge in [-0.05, 0) is 63.6 Å². The Balaban J connectivity index is 1.46. The molecule has 3 aromatic heterocycles. The first-order valence-electron chi connectivity index (χ1n) is 11.4. The predicted molar refractivity (Wildman–Crippen MR) is 134 cm³/mol. The third-order valence-corrected chi connectivity index (χ3v) is 7.05. The molecule has 0 aromatic carbocycles. The number of carbonyl (C=O) groups is 1. The number of hydrogen-bond acceptors (Lipinski definition) is 6. The van der Waals surface area contributed by atoms with E-state index in [-0.39, 0.29) is 12.2 Å². The highest BCUT2D eigenvalue weighted by molar-refractivity contribution is 6.35. The van der Waals surface area contributed by atoms with E-state index in [0.717, 1.165) is 42.9 Å². The molecular formula is C25H29Cl2N5O2. The molecule has 1 saturated heterocycles. The van der Waals surface area contributed by atoms with Crippen molar-refractivity contribution in [2.75, 3.05) is 18.0 Å². The molecule has 3 aromatic rings. The fraction of sp³-hybridized carbons (Fsp3) is 0.440. The van der Waals surface area contributed by atoms with Crippen molar-refractivity contribution in [1.82, 2.24) is 19.7 Å². The highest BCUT2D eigenvalue weighted by Crippen LogP contribution is 2.31. The van der Waals surface area contributed by atoms with Crippen LogP contribution in [0.3, 0.4) is 0 Å². The Kier molecular flexibility index (Phi) is 6.99. The van der Waals surface area contributed by atoms with Crippen LogP contribution in [-0.4, -0.2) is 49.3 Å². The van der Waals surface area contributed by atoms with Crippen LogP contribution in [0.5, 0.6) is 0 Å². The first kappa shape index (κ1) is 24.6. The quantitative estimate of drug-likeness (QED) is 0.478. The number of pyridine rings is 2. The van der Waals surface area contributed by atoms with Crippen molar-refractivity contribution in [3.05, 3.63) is 63.2 Å². The molecule has 9 heteroatoms. The number of nitrogens with zero attached hydrogens (tertiary/aromatic N) is 5. The van der Waals surface area contributed by atoms with E-state index in [1.807, 2.05) is 33.8 Å². The second kappa shape index (κ2) is 9.64. The molecule has 0 aliphatic carbocycles. The Morgan fingerprint density at radius 2 is 1.76 bits per heavy atom. The van der Waals surface area contributed by atoms with Gasteiger partial charge in [0.15, 0.2) is 11.6 Å². The number of rotatable bonds is 6. The minimum absolute atomic E-state index is 0.0474. The van der Waals surface area contributed by atoms with E-state index in [9.17, 15) is 9.90 Å². The summed E-state index contributed by atoms with van der Waals surface area (Å²) >= 11 is 12.2. The normalized spacial score (nSPS) is 15.1. The number of piperidine rings is 1. The van der Waals surface area contributed by atoms with Crippen LogP contribution in [0.1, 0.15) is 53.9 Å². The number of anilines is 1. The summed E-state index contributed by atoms with van der Waals surface area (Å²) in [7, 11) is 0. The van der Waals surface area contributed by atoms with Gasteiger partial charge in [0.2, 0.25) is 0 Å². The number of carbonyl (C=O) groups excluding carboxylic acids is 1. The zero-order valence-electron chi connectivity index (χ0n) is 19.8. The molecule has 0 bridgehead atoms. The number of aromatic nitrogens is 4. The Labute approximate surface area is 209 Å². The number of aryl methyl sites for hydroxylation is 1. The maximum absolute atomic E-state index is 13.1. The zero-order chi connectivity index (χ0) is 24.6. The van der Waals surface area contributed by atoms with Gasteiger partial charge in [-0.25, -0.2) is 14.6 Å². The minimum atomic E-state index is -0.653. The largest absolute Gasteiger partial charge is 0.390 e. The maximum Gasteiger partial charge on any atom is 0.172 e. The number of ketones is 1. The fourth-order valence-electron chi connectivity index (χ4n) is 4.59. The average molecular weight is 502 g/mol. The van der Waals surface area contributed by atoms with Crippen LogP contribution in [0, 0.1) is 19.8 Å². The third kappa shape index (κ3) is 5.11. The molecular weight excluding hydrogens is 473 g/mol. The highest BCUT2D eigenvalue weighted by atomic mass is 35.5. The molecule has 0 saturated carbocycles. The zero-order valence-corrected chi connectivity index (χ0v) is 21.4. The molecule has 4 rings (SSSR count). The fourth-order valence-corrected chi connectivity index (χ4v) is 5.05. The summed E-state index contributed by atoms with van der Waals surface area (Å²) in [6.07, 6.45) is 6.91. The summed E-state index contributed by atoms with van der Waals surface area (Å²) in [5.41, 5.74) is 2.42. The Hall–Kier alpha value is -2.48. The van der Waals surface area contributed by atoms with Crippen LogP contribution in [0.15, 0.2) is 30.7 Å². The van der Waals surface area contributed by atoms with Gasteiger partial charge in [0.1, 0.15) is 5.82 Å². The summed E-state index contributed by atoms with van der Waals surface area (Å²) in [4.78, 5) is 24.2. The molecule has 7 nitrogen and oxygen atoms in total. The summed E-state index contributed by atoms with van der Waals surface area (Å²) < 4.78 is 1.55. The van der Waals surface area contributed by atoms with Crippen molar-refractivity contribution in [3.8, 4) is 5.82 Å². The van der Waals surface area contributed by atoms with Crippen molar-refractivity contribution >= 4 is 34.8 Å². The molecule has 0 unspecified atom stereocenters. The lowest BCUT2D eigenvalue weighted by Gasteiger charge is -2.38.